The van der Waals surface area contributed by atoms with Crippen LogP contribution in [-0.4, -0.2) is 59.2 Å². The number of thioether (sulfide) groups is 1. The van der Waals surface area contributed by atoms with E-state index in [0.29, 0.717) is 18.9 Å². The summed E-state index contributed by atoms with van der Waals surface area (Å²) in [5.41, 5.74) is 0. The second-order valence-corrected chi connectivity index (χ2v) is 7.35. The minimum absolute atomic E-state index is 0.0315. The fraction of sp³-hybridized carbons (Fsp3) is 0.750. The van der Waals surface area contributed by atoms with Gasteiger partial charge in [-0.05, 0) is 25.7 Å². The van der Waals surface area contributed by atoms with Gasteiger partial charge in [-0.1, -0.05) is 6.92 Å². The van der Waals surface area contributed by atoms with Crippen molar-refractivity contribution in [2.24, 2.45) is 5.92 Å². The highest BCUT2D eigenvalue weighted by Gasteiger charge is 2.30. The zero-order valence-electron chi connectivity index (χ0n) is 14.0. The van der Waals surface area contributed by atoms with Crippen molar-refractivity contribution in [3.8, 4) is 0 Å². The number of amides is 4. The molecular weight excluding hydrogens is 330 g/mol. The van der Waals surface area contributed by atoms with Crippen molar-refractivity contribution in [3.05, 3.63) is 0 Å². The molecule has 0 bridgehead atoms. The molecular formula is C16H25N3O4S. The van der Waals surface area contributed by atoms with E-state index >= 15 is 0 Å². The van der Waals surface area contributed by atoms with Gasteiger partial charge < -0.3 is 10.6 Å². The van der Waals surface area contributed by atoms with Crippen molar-refractivity contribution in [3.63, 3.8) is 0 Å². The molecule has 1 aliphatic heterocycles. The number of carbonyl (C=O) groups is 4. The van der Waals surface area contributed by atoms with Gasteiger partial charge in [-0.15, -0.1) is 11.8 Å². The number of hydrogen-bond donors (Lipinski definition) is 2. The zero-order chi connectivity index (χ0) is 17.5. The molecule has 0 aromatic heterocycles. The Balaban J connectivity index is 1.56. The number of carbonyl (C=O) groups excluding carboxylic acids is 4. The van der Waals surface area contributed by atoms with Gasteiger partial charge in [0.2, 0.25) is 23.6 Å². The normalized spacial score (nSPS) is 21.4. The number of imide groups is 1. The van der Waals surface area contributed by atoms with Crippen LogP contribution in [0.25, 0.3) is 0 Å². The molecule has 2 rings (SSSR count). The largest absolute Gasteiger partial charge is 0.354 e. The summed E-state index contributed by atoms with van der Waals surface area (Å²) >= 11 is 1.26. The Bertz CT molecular complexity index is 508. The van der Waals surface area contributed by atoms with E-state index in [9.17, 15) is 19.2 Å². The fourth-order valence-corrected chi connectivity index (χ4v) is 3.30. The van der Waals surface area contributed by atoms with Gasteiger partial charge in [0, 0.05) is 31.5 Å². The molecule has 1 aliphatic carbocycles. The third-order valence-electron chi connectivity index (χ3n) is 4.37. The molecule has 0 unspecified atom stereocenters. The zero-order valence-corrected chi connectivity index (χ0v) is 14.8. The lowest BCUT2D eigenvalue weighted by atomic mass is 9.93. The molecule has 1 saturated heterocycles. The number of hydrogen-bond acceptors (Lipinski definition) is 5. The molecule has 24 heavy (non-hydrogen) atoms. The van der Waals surface area contributed by atoms with E-state index in [1.54, 1.807) is 0 Å². The van der Waals surface area contributed by atoms with Crippen molar-refractivity contribution in [2.45, 2.75) is 45.1 Å². The minimum Gasteiger partial charge on any atom is -0.354 e. The first-order valence-electron chi connectivity index (χ1n) is 8.45. The van der Waals surface area contributed by atoms with E-state index in [1.165, 1.54) is 23.1 Å². The van der Waals surface area contributed by atoms with Crippen molar-refractivity contribution >= 4 is 35.4 Å². The first kappa shape index (κ1) is 18.8. The summed E-state index contributed by atoms with van der Waals surface area (Å²) in [5.74, 6) is -0.238. The third-order valence-corrected chi connectivity index (χ3v) is 5.31. The number of likely N-dealkylation sites (tertiary alicyclic amines) is 1. The van der Waals surface area contributed by atoms with E-state index in [-0.39, 0.29) is 54.1 Å². The standard InChI is InChI=1S/C16H25N3O4S/c1-11-5-6-15(22)19(16(11)23)8-7-17-13(20)9-24-10-14(21)18-12-3-2-4-12/h11-12H,2-10H2,1H3,(H,17,20)(H,18,21)/t11-/m0/s1. The van der Waals surface area contributed by atoms with Gasteiger partial charge in [0.15, 0.2) is 0 Å². The quantitative estimate of drug-likeness (QED) is 0.610. The van der Waals surface area contributed by atoms with Crippen molar-refractivity contribution in [1.29, 1.82) is 0 Å². The second-order valence-electron chi connectivity index (χ2n) is 6.36. The van der Waals surface area contributed by atoms with Crippen LogP contribution in [0.15, 0.2) is 0 Å². The van der Waals surface area contributed by atoms with Crippen LogP contribution < -0.4 is 10.6 Å². The first-order chi connectivity index (χ1) is 11.5. The predicted octanol–water partition coefficient (Wildman–Crippen LogP) is 0.290. The molecule has 4 amide bonds. The van der Waals surface area contributed by atoms with Crippen LogP contribution in [0.1, 0.15) is 39.0 Å². The molecule has 1 saturated carbocycles. The highest BCUT2D eigenvalue weighted by Crippen LogP contribution is 2.18. The smallest absolute Gasteiger partial charge is 0.232 e. The van der Waals surface area contributed by atoms with Crippen LogP contribution in [0.5, 0.6) is 0 Å². The van der Waals surface area contributed by atoms with Gasteiger partial charge in [-0.3, -0.25) is 24.1 Å². The lowest BCUT2D eigenvalue weighted by Gasteiger charge is -2.28. The first-order valence-corrected chi connectivity index (χ1v) is 9.61. The van der Waals surface area contributed by atoms with Crippen molar-refractivity contribution in [1.82, 2.24) is 15.5 Å². The number of nitrogens with zero attached hydrogens (tertiary/aromatic N) is 1. The van der Waals surface area contributed by atoms with Crippen molar-refractivity contribution < 1.29 is 19.2 Å². The summed E-state index contributed by atoms with van der Waals surface area (Å²) in [6, 6.07) is 0.314. The van der Waals surface area contributed by atoms with Gasteiger partial charge in [0.25, 0.3) is 0 Å². The maximum Gasteiger partial charge on any atom is 0.232 e. The Morgan fingerprint density at radius 2 is 1.88 bits per heavy atom. The van der Waals surface area contributed by atoms with Gasteiger partial charge >= 0.3 is 0 Å². The molecule has 0 aromatic rings. The molecule has 0 radical (unpaired) electrons. The van der Waals surface area contributed by atoms with E-state index < -0.39 is 0 Å². The average molecular weight is 355 g/mol. The van der Waals surface area contributed by atoms with E-state index in [2.05, 4.69) is 10.6 Å². The molecule has 2 aliphatic rings. The van der Waals surface area contributed by atoms with Crippen LogP contribution in [0.3, 0.4) is 0 Å². The van der Waals surface area contributed by atoms with E-state index in [1.807, 2.05) is 6.92 Å². The maximum atomic E-state index is 11.9. The molecule has 1 heterocycles. The Morgan fingerprint density at radius 1 is 1.17 bits per heavy atom. The lowest BCUT2D eigenvalue weighted by molar-refractivity contribution is -0.151. The van der Waals surface area contributed by atoms with Crippen LogP contribution in [-0.2, 0) is 19.2 Å². The molecule has 8 heteroatoms. The van der Waals surface area contributed by atoms with Gasteiger partial charge in [0.1, 0.15) is 0 Å². The summed E-state index contributed by atoms with van der Waals surface area (Å²) in [5, 5.41) is 5.60. The number of piperidine rings is 1. The van der Waals surface area contributed by atoms with Crippen LogP contribution >= 0.6 is 11.8 Å². The maximum absolute atomic E-state index is 11.9. The van der Waals surface area contributed by atoms with Gasteiger partial charge in [0.05, 0.1) is 11.5 Å². The Morgan fingerprint density at radius 3 is 2.54 bits per heavy atom. The molecule has 134 valence electrons. The summed E-state index contributed by atoms with van der Waals surface area (Å²) in [4.78, 5) is 48.2. The summed E-state index contributed by atoms with van der Waals surface area (Å²) in [6.07, 6.45) is 4.24. The number of rotatable bonds is 8. The SMILES string of the molecule is C[C@H]1CCC(=O)N(CCNC(=O)CSCC(=O)NC2CCC2)C1=O. The molecule has 1 atom stereocenters. The van der Waals surface area contributed by atoms with E-state index in [0.717, 1.165) is 12.8 Å². The van der Waals surface area contributed by atoms with Crippen LogP contribution in [0, 0.1) is 5.92 Å². The molecule has 0 aromatic carbocycles. The van der Waals surface area contributed by atoms with E-state index in [4.69, 9.17) is 0 Å². The molecule has 0 spiro atoms. The highest BCUT2D eigenvalue weighted by atomic mass is 32.2. The minimum atomic E-state index is -0.193. The molecule has 7 nitrogen and oxygen atoms in total. The van der Waals surface area contributed by atoms with Gasteiger partial charge in [-0.25, -0.2) is 0 Å². The van der Waals surface area contributed by atoms with Gasteiger partial charge in [-0.2, -0.15) is 0 Å². The average Bonchev–Trinajstić information content (AvgIpc) is 2.50. The molecule has 2 fully saturated rings. The highest BCUT2D eigenvalue weighted by molar-refractivity contribution is 8.00. The third kappa shape index (κ3) is 5.51. The predicted molar refractivity (Wildman–Crippen MR) is 91.2 cm³/mol. The lowest BCUT2D eigenvalue weighted by Crippen LogP contribution is -2.47. The summed E-state index contributed by atoms with van der Waals surface area (Å²) < 4.78 is 0. The Kier molecular flexibility index (Phi) is 7.08. The monoisotopic (exact) mass is 355 g/mol. The van der Waals surface area contributed by atoms with Crippen LogP contribution in [0.4, 0.5) is 0 Å². The topological polar surface area (TPSA) is 95.6 Å². The fourth-order valence-electron chi connectivity index (χ4n) is 2.64. The Labute approximate surface area is 146 Å². The Hall–Kier alpha value is -1.57. The number of nitrogens with one attached hydrogen (secondary N) is 2. The summed E-state index contributed by atoms with van der Waals surface area (Å²) in [6.45, 7) is 2.27. The van der Waals surface area contributed by atoms with Crippen molar-refractivity contribution in [2.75, 3.05) is 24.6 Å². The molecule has 2 N–H and O–H groups in total. The van der Waals surface area contributed by atoms with Crippen LogP contribution in [0.2, 0.25) is 0 Å². The summed E-state index contributed by atoms with van der Waals surface area (Å²) in [7, 11) is 0. The second kappa shape index (κ2) is 9.05.